The van der Waals surface area contributed by atoms with Crippen molar-refractivity contribution in [3.05, 3.63) is 53.1 Å². The van der Waals surface area contributed by atoms with Gasteiger partial charge in [0.25, 0.3) is 0 Å². The third-order valence-electron chi connectivity index (χ3n) is 3.00. The number of alkyl halides is 2. The number of anilines is 2. The third-order valence-corrected chi connectivity index (χ3v) is 3.41. The molecule has 0 aliphatic carbocycles. The molecular weight excluding hydrogens is 326 g/mol. The quantitative estimate of drug-likeness (QED) is 0.824. The largest absolute Gasteiger partial charge is 0.433 e. The van der Waals surface area contributed by atoms with Gasteiger partial charge < -0.3 is 15.4 Å². The number of nitrogens with one attached hydrogen (secondary N) is 2. The number of carbonyl (C=O) groups excluding carboxylic acids is 1. The van der Waals surface area contributed by atoms with Gasteiger partial charge in [-0.3, -0.25) is 4.79 Å². The van der Waals surface area contributed by atoms with E-state index in [0.29, 0.717) is 10.7 Å². The molecule has 1 amide bonds. The Kier molecular flexibility index (Phi) is 5.76. The van der Waals surface area contributed by atoms with Crippen molar-refractivity contribution in [2.45, 2.75) is 13.5 Å². The number of para-hydroxylation sites is 2. The highest BCUT2D eigenvalue weighted by molar-refractivity contribution is 6.31. The van der Waals surface area contributed by atoms with E-state index in [1.54, 1.807) is 24.3 Å². The van der Waals surface area contributed by atoms with Gasteiger partial charge in [0.2, 0.25) is 5.91 Å². The SMILES string of the molecule is Cc1ccc(NCC(=O)Nc2ccccc2OC(F)F)cc1Cl. The molecule has 4 nitrogen and oxygen atoms in total. The highest BCUT2D eigenvalue weighted by Crippen LogP contribution is 2.25. The van der Waals surface area contributed by atoms with Crippen LogP contribution in [0.3, 0.4) is 0 Å². The van der Waals surface area contributed by atoms with Crippen LogP contribution in [0.4, 0.5) is 20.2 Å². The standard InChI is InChI=1S/C16H15ClF2N2O2/c1-10-6-7-11(8-12(10)17)20-9-15(22)21-13-4-2-3-5-14(13)23-16(18)19/h2-8,16,20H,9H2,1H3,(H,21,22). The van der Waals surface area contributed by atoms with Crippen LogP contribution in [0.1, 0.15) is 5.56 Å². The lowest BCUT2D eigenvalue weighted by atomic mass is 10.2. The Morgan fingerprint density at radius 3 is 2.70 bits per heavy atom. The van der Waals surface area contributed by atoms with Crippen molar-refractivity contribution < 1.29 is 18.3 Å². The first-order valence-electron chi connectivity index (χ1n) is 6.79. The topological polar surface area (TPSA) is 50.4 Å². The Balaban J connectivity index is 1.96. The van der Waals surface area contributed by atoms with Crippen molar-refractivity contribution in [1.29, 1.82) is 0 Å². The van der Waals surface area contributed by atoms with Crippen molar-refractivity contribution >= 4 is 28.9 Å². The number of amides is 1. The van der Waals surface area contributed by atoms with E-state index < -0.39 is 12.5 Å². The molecule has 23 heavy (non-hydrogen) atoms. The summed E-state index contributed by atoms with van der Waals surface area (Å²) in [5.41, 5.74) is 1.80. The Hall–Kier alpha value is -2.34. The van der Waals surface area contributed by atoms with E-state index >= 15 is 0 Å². The van der Waals surface area contributed by atoms with Gasteiger partial charge in [0, 0.05) is 10.7 Å². The van der Waals surface area contributed by atoms with E-state index in [9.17, 15) is 13.6 Å². The molecule has 0 saturated carbocycles. The fraction of sp³-hybridized carbons (Fsp3) is 0.188. The van der Waals surface area contributed by atoms with E-state index in [1.165, 1.54) is 12.1 Å². The van der Waals surface area contributed by atoms with Gasteiger partial charge in [-0.2, -0.15) is 8.78 Å². The first-order valence-corrected chi connectivity index (χ1v) is 7.17. The summed E-state index contributed by atoms with van der Waals surface area (Å²) in [5, 5.41) is 6.02. The summed E-state index contributed by atoms with van der Waals surface area (Å²) in [6.07, 6.45) is 0. The molecule has 2 N–H and O–H groups in total. The molecule has 0 aliphatic heterocycles. The second-order valence-corrected chi connectivity index (χ2v) is 5.15. The molecule has 2 rings (SSSR count). The van der Waals surface area contributed by atoms with Gasteiger partial charge in [-0.1, -0.05) is 29.8 Å². The van der Waals surface area contributed by atoms with Gasteiger partial charge in [-0.25, -0.2) is 0 Å². The molecule has 122 valence electrons. The summed E-state index contributed by atoms with van der Waals surface area (Å²) in [5.74, 6) is -0.485. The molecule has 0 fully saturated rings. The predicted molar refractivity (Wildman–Crippen MR) is 86.4 cm³/mol. The molecule has 7 heteroatoms. The Labute approximate surface area is 137 Å². The van der Waals surface area contributed by atoms with E-state index in [1.807, 2.05) is 13.0 Å². The van der Waals surface area contributed by atoms with Gasteiger partial charge >= 0.3 is 6.61 Å². The number of hydrogen-bond acceptors (Lipinski definition) is 3. The van der Waals surface area contributed by atoms with Crippen LogP contribution in [0.25, 0.3) is 0 Å². The van der Waals surface area contributed by atoms with Gasteiger partial charge in [0.15, 0.2) is 0 Å². The fourth-order valence-electron chi connectivity index (χ4n) is 1.85. The zero-order chi connectivity index (χ0) is 16.8. The van der Waals surface area contributed by atoms with Gasteiger partial charge in [0.1, 0.15) is 5.75 Å². The first-order chi connectivity index (χ1) is 11.0. The second-order valence-electron chi connectivity index (χ2n) is 4.74. The number of carbonyl (C=O) groups is 1. The average molecular weight is 341 g/mol. The normalized spacial score (nSPS) is 10.5. The molecule has 0 unspecified atom stereocenters. The zero-order valence-corrected chi connectivity index (χ0v) is 13.0. The highest BCUT2D eigenvalue weighted by Gasteiger charge is 2.11. The fourth-order valence-corrected chi connectivity index (χ4v) is 2.03. The lowest BCUT2D eigenvalue weighted by Crippen LogP contribution is -2.22. The first kappa shape index (κ1) is 17.0. The summed E-state index contributed by atoms with van der Waals surface area (Å²) in [6, 6.07) is 11.3. The van der Waals surface area contributed by atoms with Crippen LogP contribution < -0.4 is 15.4 Å². The average Bonchev–Trinajstić information content (AvgIpc) is 2.50. The number of benzene rings is 2. The van der Waals surface area contributed by atoms with Crippen molar-refractivity contribution in [3.63, 3.8) is 0 Å². The molecule has 0 atom stereocenters. The van der Waals surface area contributed by atoms with E-state index in [4.69, 9.17) is 11.6 Å². The molecular formula is C16H15ClF2N2O2. The Morgan fingerprint density at radius 2 is 2.00 bits per heavy atom. The Morgan fingerprint density at radius 1 is 1.26 bits per heavy atom. The number of ether oxygens (including phenoxy) is 1. The third kappa shape index (κ3) is 5.10. The summed E-state index contributed by atoms with van der Waals surface area (Å²) in [6.45, 7) is -1.12. The smallest absolute Gasteiger partial charge is 0.387 e. The highest BCUT2D eigenvalue weighted by atomic mass is 35.5. The van der Waals surface area contributed by atoms with Crippen LogP contribution >= 0.6 is 11.6 Å². The second kappa shape index (κ2) is 7.78. The molecule has 2 aromatic rings. The maximum atomic E-state index is 12.3. The zero-order valence-electron chi connectivity index (χ0n) is 12.3. The molecule has 2 aromatic carbocycles. The minimum absolute atomic E-state index is 0.0393. The van der Waals surface area contributed by atoms with E-state index in [0.717, 1.165) is 5.56 Å². The minimum Gasteiger partial charge on any atom is -0.433 e. The molecule has 0 saturated heterocycles. The lowest BCUT2D eigenvalue weighted by molar-refractivity contribution is -0.114. The number of halogens is 3. The maximum absolute atomic E-state index is 12.3. The van der Waals surface area contributed by atoms with Gasteiger partial charge in [-0.05, 0) is 36.8 Å². The van der Waals surface area contributed by atoms with Crippen LogP contribution in [0.2, 0.25) is 5.02 Å². The van der Waals surface area contributed by atoms with Crippen LogP contribution in [0.15, 0.2) is 42.5 Å². The van der Waals surface area contributed by atoms with E-state index in [2.05, 4.69) is 15.4 Å². The number of aryl methyl sites for hydroxylation is 1. The van der Waals surface area contributed by atoms with Gasteiger partial charge in [0.05, 0.1) is 12.2 Å². The number of hydrogen-bond donors (Lipinski definition) is 2. The van der Waals surface area contributed by atoms with E-state index in [-0.39, 0.29) is 18.0 Å². The molecule has 0 bridgehead atoms. The molecule has 0 spiro atoms. The molecule has 0 aliphatic rings. The summed E-state index contributed by atoms with van der Waals surface area (Å²) in [7, 11) is 0. The van der Waals surface area contributed by atoms with Crippen molar-refractivity contribution in [3.8, 4) is 5.75 Å². The minimum atomic E-state index is -2.96. The van der Waals surface area contributed by atoms with Crippen LogP contribution in [-0.2, 0) is 4.79 Å². The van der Waals surface area contributed by atoms with Crippen molar-refractivity contribution in [2.75, 3.05) is 17.2 Å². The summed E-state index contributed by atoms with van der Waals surface area (Å²) < 4.78 is 29.0. The van der Waals surface area contributed by atoms with Crippen molar-refractivity contribution in [2.24, 2.45) is 0 Å². The maximum Gasteiger partial charge on any atom is 0.387 e. The molecule has 0 aromatic heterocycles. The molecule has 0 heterocycles. The molecule has 0 radical (unpaired) electrons. The van der Waals surface area contributed by atoms with Crippen molar-refractivity contribution in [1.82, 2.24) is 0 Å². The van der Waals surface area contributed by atoms with Crippen LogP contribution in [0, 0.1) is 6.92 Å². The summed E-state index contributed by atoms with van der Waals surface area (Å²) >= 11 is 6.00. The lowest BCUT2D eigenvalue weighted by Gasteiger charge is -2.12. The van der Waals surface area contributed by atoms with Crippen LogP contribution in [0.5, 0.6) is 5.75 Å². The van der Waals surface area contributed by atoms with Crippen LogP contribution in [-0.4, -0.2) is 19.1 Å². The predicted octanol–water partition coefficient (Wildman–Crippen LogP) is 4.30. The monoisotopic (exact) mass is 340 g/mol. The summed E-state index contributed by atoms with van der Waals surface area (Å²) in [4.78, 5) is 11.9. The van der Waals surface area contributed by atoms with Gasteiger partial charge in [-0.15, -0.1) is 0 Å². The number of rotatable bonds is 6. The Bertz CT molecular complexity index is 696.